The van der Waals surface area contributed by atoms with E-state index >= 15 is 0 Å². The first-order valence-corrected chi connectivity index (χ1v) is 8.00. The number of benzene rings is 1. The number of nitrogens with one attached hydrogen (secondary N) is 2. The van der Waals surface area contributed by atoms with Gasteiger partial charge in [-0.25, -0.2) is 13.6 Å². The second-order valence-electron chi connectivity index (χ2n) is 4.90. The van der Waals surface area contributed by atoms with Crippen molar-refractivity contribution in [1.82, 2.24) is 4.98 Å². The molecule has 1 aromatic carbocycles. The third-order valence-electron chi connectivity index (χ3n) is 3.43. The molecule has 6 N–H and O–H groups in total. The molecule has 1 aliphatic heterocycles. The lowest BCUT2D eigenvalue weighted by Crippen LogP contribution is -2.17. The van der Waals surface area contributed by atoms with Crippen molar-refractivity contribution in [3.05, 3.63) is 47.8 Å². The third kappa shape index (κ3) is 2.51. The summed E-state index contributed by atoms with van der Waals surface area (Å²) in [5, 5.41) is 7.68. The van der Waals surface area contributed by atoms with Crippen LogP contribution in [0.3, 0.4) is 0 Å². The van der Waals surface area contributed by atoms with E-state index in [1.807, 2.05) is 0 Å². The van der Waals surface area contributed by atoms with E-state index in [-0.39, 0.29) is 21.6 Å². The maximum absolute atomic E-state index is 12.3. The standard InChI is InChI=1S/C14H12N4O4S/c15-13(19)12(10-2-1-5-17-10)11-8-6-7(23(16,21)22)3-4-9(8)18-14(11)20/h1-6,17H,(H2,15,19)(H,18,20)(H2,16,21,22)/b12-11+. The Morgan fingerprint density at radius 2 is 1.91 bits per heavy atom. The number of nitrogens with two attached hydrogens (primary N) is 2. The lowest BCUT2D eigenvalue weighted by atomic mass is 9.98. The SMILES string of the molecule is NC(=O)/C(=C1/C(=O)Nc2ccc(S(N)(=O)=O)cc21)c1ccc[nH]1. The van der Waals surface area contributed by atoms with Crippen molar-refractivity contribution in [3.63, 3.8) is 0 Å². The molecule has 1 aromatic heterocycles. The van der Waals surface area contributed by atoms with Gasteiger partial charge in [-0.05, 0) is 30.3 Å². The number of rotatable bonds is 3. The number of primary amides is 1. The van der Waals surface area contributed by atoms with E-state index in [1.54, 1.807) is 18.3 Å². The van der Waals surface area contributed by atoms with E-state index in [2.05, 4.69) is 10.3 Å². The molecule has 0 saturated carbocycles. The monoisotopic (exact) mass is 332 g/mol. The molecule has 23 heavy (non-hydrogen) atoms. The highest BCUT2D eigenvalue weighted by atomic mass is 32.2. The van der Waals surface area contributed by atoms with Crippen molar-refractivity contribution < 1.29 is 18.0 Å². The van der Waals surface area contributed by atoms with Gasteiger partial charge in [-0.1, -0.05) is 0 Å². The summed E-state index contributed by atoms with van der Waals surface area (Å²) >= 11 is 0. The number of sulfonamides is 1. The Labute approximate surface area is 131 Å². The Morgan fingerprint density at radius 1 is 1.17 bits per heavy atom. The number of primary sulfonamides is 1. The third-order valence-corrected chi connectivity index (χ3v) is 4.34. The average Bonchev–Trinajstić information content (AvgIpc) is 3.06. The molecule has 118 valence electrons. The minimum absolute atomic E-state index is 0.000417. The second-order valence-corrected chi connectivity index (χ2v) is 6.47. The summed E-state index contributed by atoms with van der Waals surface area (Å²) in [6.07, 6.45) is 1.58. The lowest BCUT2D eigenvalue weighted by Gasteiger charge is -2.07. The van der Waals surface area contributed by atoms with Gasteiger partial charge >= 0.3 is 0 Å². The largest absolute Gasteiger partial charge is 0.366 e. The first-order valence-electron chi connectivity index (χ1n) is 6.45. The number of hydrogen-bond donors (Lipinski definition) is 4. The van der Waals surface area contributed by atoms with E-state index in [0.717, 1.165) is 0 Å². The molecule has 3 rings (SSSR count). The number of hydrogen-bond acceptors (Lipinski definition) is 4. The Hall–Kier alpha value is -2.91. The molecule has 2 amide bonds. The van der Waals surface area contributed by atoms with Crippen molar-refractivity contribution in [1.29, 1.82) is 0 Å². The lowest BCUT2D eigenvalue weighted by molar-refractivity contribution is -0.113. The van der Waals surface area contributed by atoms with Crippen LogP contribution in [0.15, 0.2) is 41.4 Å². The van der Waals surface area contributed by atoms with E-state index < -0.39 is 21.8 Å². The van der Waals surface area contributed by atoms with Gasteiger partial charge in [0.15, 0.2) is 0 Å². The van der Waals surface area contributed by atoms with Crippen molar-refractivity contribution >= 4 is 38.7 Å². The number of carbonyl (C=O) groups is 2. The number of aromatic nitrogens is 1. The predicted octanol–water partition coefficient (Wildman–Crippen LogP) is 0.0103. The number of carbonyl (C=O) groups excluding carboxylic acids is 2. The topological polar surface area (TPSA) is 148 Å². The number of anilines is 1. The first-order chi connectivity index (χ1) is 10.8. The van der Waals surface area contributed by atoms with Crippen LogP contribution < -0.4 is 16.2 Å². The van der Waals surface area contributed by atoms with Gasteiger partial charge in [0.2, 0.25) is 10.0 Å². The van der Waals surface area contributed by atoms with Crippen LogP contribution in [0.4, 0.5) is 5.69 Å². The van der Waals surface area contributed by atoms with Crippen molar-refractivity contribution in [3.8, 4) is 0 Å². The average molecular weight is 332 g/mol. The predicted molar refractivity (Wildman–Crippen MR) is 83.2 cm³/mol. The fourth-order valence-electron chi connectivity index (χ4n) is 2.45. The van der Waals surface area contributed by atoms with Crippen LogP contribution >= 0.6 is 0 Å². The van der Waals surface area contributed by atoms with E-state index in [0.29, 0.717) is 11.4 Å². The number of fused-ring (bicyclic) bond motifs is 1. The maximum Gasteiger partial charge on any atom is 0.257 e. The van der Waals surface area contributed by atoms with Crippen LogP contribution in [-0.2, 0) is 19.6 Å². The van der Waals surface area contributed by atoms with Gasteiger partial charge in [0.1, 0.15) is 0 Å². The first kappa shape index (κ1) is 15.0. The number of H-pyrrole nitrogens is 1. The summed E-state index contributed by atoms with van der Waals surface area (Å²) in [4.78, 5) is 26.7. The summed E-state index contributed by atoms with van der Waals surface area (Å²) in [6, 6.07) is 7.16. The highest BCUT2D eigenvalue weighted by molar-refractivity contribution is 7.89. The summed E-state index contributed by atoms with van der Waals surface area (Å²) < 4.78 is 23.0. The normalized spacial score (nSPS) is 16.0. The molecule has 0 radical (unpaired) electrons. The quantitative estimate of drug-likeness (QED) is 0.586. The molecule has 9 heteroatoms. The molecule has 8 nitrogen and oxygen atoms in total. The van der Waals surface area contributed by atoms with Crippen LogP contribution in [0.5, 0.6) is 0 Å². The molecule has 0 unspecified atom stereocenters. The number of aromatic amines is 1. The van der Waals surface area contributed by atoms with Crippen LogP contribution in [0, 0.1) is 0 Å². The van der Waals surface area contributed by atoms with E-state index in [4.69, 9.17) is 10.9 Å². The minimum atomic E-state index is -3.95. The molecule has 1 aliphatic rings. The molecule has 0 atom stereocenters. The Balaban J connectivity index is 2.32. The Kier molecular flexibility index (Phi) is 3.31. The molecule has 2 aromatic rings. The maximum atomic E-state index is 12.3. The molecular formula is C14H12N4O4S. The molecule has 0 spiro atoms. The fourth-order valence-corrected chi connectivity index (χ4v) is 2.99. The minimum Gasteiger partial charge on any atom is -0.366 e. The summed E-state index contributed by atoms with van der Waals surface area (Å²) in [5.74, 6) is -1.36. The molecule has 0 saturated heterocycles. The zero-order chi connectivity index (χ0) is 16.8. The van der Waals surface area contributed by atoms with Gasteiger partial charge < -0.3 is 16.0 Å². The molecule has 0 aliphatic carbocycles. The van der Waals surface area contributed by atoms with E-state index in [9.17, 15) is 18.0 Å². The number of amides is 2. The van der Waals surface area contributed by atoms with Gasteiger partial charge in [0, 0.05) is 17.4 Å². The highest BCUT2D eigenvalue weighted by Crippen LogP contribution is 2.37. The zero-order valence-corrected chi connectivity index (χ0v) is 12.5. The van der Waals surface area contributed by atoms with Gasteiger partial charge in [0.05, 0.1) is 21.7 Å². The van der Waals surface area contributed by atoms with Gasteiger partial charge in [0.25, 0.3) is 11.8 Å². The smallest absolute Gasteiger partial charge is 0.257 e. The van der Waals surface area contributed by atoms with Crippen LogP contribution in [-0.4, -0.2) is 25.2 Å². The van der Waals surface area contributed by atoms with Crippen LogP contribution in [0.25, 0.3) is 11.1 Å². The Morgan fingerprint density at radius 3 is 2.48 bits per heavy atom. The second kappa shape index (κ2) is 5.07. The van der Waals surface area contributed by atoms with Crippen molar-refractivity contribution in [2.45, 2.75) is 4.90 Å². The Bertz CT molecular complexity index is 959. The van der Waals surface area contributed by atoms with Crippen LogP contribution in [0.2, 0.25) is 0 Å². The van der Waals surface area contributed by atoms with Crippen molar-refractivity contribution in [2.75, 3.05) is 5.32 Å². The fraction of sp³-hybridized carbons (Fsp3) is 0. The summed E-state index contributed by atoms with van der Waals surface area (Å²) in [6.45, 7) is 0. The van der Waals surface area contributed by atoms with E-state index in [1.165, 1.54) is 18.2 Å². The molecule has 0 fully saturated rings. The van der Waals surface area contributed by atoms with Crippen LogP contribution in [0.1, 0.15) is 11.3 Å². The molecule has 2 heterocycles. The summed E-state index contributed by atoms with van der Waals surface area (Å²) in [5.41, 5.74) is 6.37. The molecular weight excluding hydrogens is 320 g/mol. The van der Waals surface area contributed by atoms with Gasteiger partial charge in [-0.3, -0.25) is 9.59 Å². The van der Waals surface area contributed by atoms with Crippen molar-refractivity contribution in [2.24, 2.45) is 10.9 Å². The summed E-state index contributed by atoms with van der Waals surface area (Å²) in [7, 11) is -3.95. The van der Waals surface area contributed by atoms with Gasteiger partial charge in [-0.2, -0.15) is 0 Å². The highest BCUT2D eigenvalue weighted by Gasteiger charge is 2.31. The molecule has 0 bridgehead atoms. The van der Waals surface area contributed by atoms with Gasteiger partial charge in [-0.15, -0.1) is 0 Å². The zero-order valence-electron chi connectivity index (χ0n) is 11.7.